The molecule has 152 valence electrons. The Labute approximate surface area is 175 Å². The van der Waals surface area contributed by atoms with Gasteiger partial charge in [0.15, 0.2) is 21.3 Å². The molecule has 9 heteroatoms. The molecule has 0 aliphatic carbocycles. The topological polar surface area (TPSA) is 72.9 Å². The minimum atomic E-state index is -3.09. The number of rotatable bonds is 7. The van der Waals surface area contributed by atoms with E-state index in [0.29, 0.717) is 33.8 Å². The first kappa shape index (κ1) is 21.1. The predicted octanol–water partition coefficient (Wildman–Crippen LogP) is 3.26. The van der Waals surface area contributed by atoms with Gasteiger partial charge in [-0.05, 0) is 36.6 Å². The van der Waals surface area contributed by atoms with E-state index < -0.39 is 9.84 Å². The van der Waals surface area contributed by atoms with Gasteiger partial charge < -0.3 is 9.47 Å². The molecule has 0 aromatic heterocycles. The average molecular weight is 442 g/mol. The molecular formula is C19H23NO5S3. The maximum absolute atomic E-state index is 12.8. The lowest BCUT2D eigenvalue weighted by Gasteiger charge is -2.20. The van der Waals surface area contributed by atoms with E-state index in [1.807, 2.05) is 18.2 Å². The molecule has 2 heterocycles. The van der Waals surface area contributed by atoms with Crippen molar-refractivity contribution in [2.24, 2.45) is 0 Å². The van der Waals surface area contributed by atoms with Gasteiger partial charge in [-0.25, -0.2) is 8.42 Å². The Balaban J connectivity index is 1.78. The first-order chi connectivity index (χ1) is 13.3. The number of ether oxygens (including phenoxy) is 2. The standard InChI is InChI=1S/C19H23NO5S3/c1-3-4-8-25-15-6-5-13(10-16(15)24-2)11-17-18(21)20(19(26)27-17)14-7-9-28(22,23)12-14/h5-6,10-11,14H,3-4,7-9,12H2,1-2H3. The Kier molecular flexibility index (Phi) is 6.67. The highest BCUT2D eigenvalue weighted by molar-refractivity contribution is 8.26. The molecule has 2 aliphatic heterocycles. The van der Waals surface area contributed by atoms with Crippen LogP contribution in [0.15, 0.2) is 23.1 Å². The Morgan fingerprint density at radius 2 is 2.14 bits per heavy atom. The molecule has 2 fully saturated rings. The molecule has 6 nitrogen and oxygen atoms in total. The van der Waals surface area contributed by atoms with E-state index in [1.165, 1.54) is 16.7 Å². The number of carbonyl (C=O) groups excluding carboxylic acids is 1. The van der Waals surface area contributed by atoms with Crippen LogP contribution in [0.1, 0.15) is 31.7 Å². The smallest absolute Gasteiger partial charge is 0.266 e. The number of sulfone groups is 1. The first-order valence-corrected chi connectivity index (χ1v) is 12.2. The largest absolute Gasteiger partial charge is 0.493 e. The summed E-state index contributed by atoms with van der Waals surface area (Å²) in [6.07, 6.45) is 4.19. The van der Waals surface area contributed by atoms with Crippen LogP contribution in [0.25, 0.3) is 6.08 Å². The molecule has 0 saturated carbocycles. The summed E-state index contributed by atoms with van der Waals surface area (Å²) in [5, 5.41) is 0. The second-order valence-electron chi connectivity index (χ2n) is 6.72. The minimum absolute atomic E-state index is 0.0235. The monoisotopic (exact) mass is 441 g/mol. The zero-order valence-corrected chi connectivity index (χ0v) is 18.3. The number of benzene rings is 1. The highest BCUT2D eigenvalue weighted by Crippen LogP contribution is 2.37. The number of nitrogens with zero attached hydrogens (tertiary/aromatic N) is 1. The summed E-state index contributed by atoms with van der Waals surface area (Å²) in [4.78, 5) is 14.7. The van der Waals surface area contributed by atoms with Crippen molar-refractivity contribution in [3.63, 3.8) is 0 Å². The van der Waals surface area contributed by atoms with Crippen molar-refractivity contribution in [3.05, 3.63) is 28.7 Å². The van der Waals surface area contributed by atoms with Gasteiger partial charge in [0.05, 0.1) is 36.2 Å². The highest BCUT2D eigenvalue weighted by Gasteiger charge is 2.42. The number of unbranched alkanes of at least 4 members (excludes halogenated alkanes) is 1. The van der Waals surface area contributed by atoms with Crippen LogP contribution >= 0.6 is 24.0 Å². The van der Waals surface area contributed by atoms with Gasteiger partial charge in [0.2, 0.25) is 0 Å². The molecule has 0 N–H and O–H groups in total. The summed E-state index contributed by atoms with van der Waals surface area (Å²) in [6, 6.07) is 5.13. The Bertz CT molecular complexity index is 910. The van der Waals surface area contributed by atoms with Crippen LogP contribution in [0.4, 0.5) is 0 Å². The van der Waals surface area contributed by atoms with Crippen LogP contribution < -0.4 is 9.47 Å². The number of thiocarbonyl (C=S) groups is 1. The lowest BCUT2D eigenvalue weighted by atomic mass is 10.1. The molecule has 1 aromatic rings. The molecule has 1 atom stereocenters. The van der Waals surface area contributed by atoms with Crippen LogP contribution in [0.2, 0.25) is 0 Å². The molecular weight excluding hydrogens is 418 g/mol. The fraction of sp³-hybridized carbons (Fsp3) is 0.474. The SMILES string of the molecule is CCCCOc1ccc(C=C2SC(=S)N(C3CCS(=O)(=O)C3)C2=O)cc1OC. The number of hydrogen-bond donors (Lipinski definition) is 0. The summed E-state index contributed by atoms with van der Waals surface area (Å²) < 4.78 is 35.0. The molecule has 2 aliphatic rings. The second-order valence-corrected chi connectivity index (χ2v) is 10.6. The second kappa shape index (κ2) is 8.84. The van der Waals surface area contributed by atoms with Crippen molar-refractivity contribution in [2.45, 2.75) is 32.2 Å². The van der Waals surface area contributed by atoms with Crippen molar-refractivity contribution >= 4 is 50.1 Å². The van der Waals surface area contributed by atoms with Gasteiger partial charge in [0, 0.05) is 0 Å². The van der Waals surface area contributed by atoms with Crippen LogP contribution in [0.5, 0.6) is 11.5 Å². The number of methoxy groups -OCH3 is 1. The molecule has 2 saturated heterocycles. The van der Waals surface area contributed by atoms with Crippen molar-refractivity contribution in [1.29, 1.82) is 0 Å². The Morgan fingerprint density at radius 3 is 2.79 bits per heavy atom. The normalized spacial score (nSPS) is 22.9. The van der Waals surface area contributed by atoms with Crippen molar-refractivity contribution in [1.82, 2.24) is 4.90 Å². The molecule has 0 spiro atoms. The lowest BCUT2D eigenvalue weighted by molar-refractivity contribution is -0.123. The molecule has 0 radical (unpaired) electrons. The highest BCUT2D eigenvalue weighted by atomic mass is 32.2. The fourth-order valence-electron chi connectivity index (χ4n) is 3.14. The van der Waals surface area contributed by atoms with Crippen LogP contribution in [0.3, 0.4) is 0 Å². The molecule has 3 rings (SSSR count). The van der Waals surface area contributed by atoms with E-state index in [1.54, 1.807) is 13.2 Å². The van der Waals surface area contributed by atoms with Crippen LogP contribution in [0, 0.1) is 0 Å². The third-order valence-corrected chi connectivity index (χ3v) is 7.72. The maximum atomic E-state index is 12.8. The van der Waals surface area contributed by atoms with E-state index in [4.69, 9.17) is 21.7 Å². The summed E-state index contributed by atoms with van der Waals surface area (Å²) in [5.41, 5.74) is 0.791. The predicted molar refractivity (Wildman–Crippen MR) is 115 cm³/mol. The van der Waals surface area contributed by atoms with Gasteiger partial charge in [-0.1, -0.05) is 43.4 Å². The Morgan fingerprint density at radius 1 is 1.36 bits per heavy atom. The van der Waals surface area contributed by atoms with Crippen molar-refractivity contribution in [3.8, 4) is 11.5 Å². The van der Waals surface area contributed by atoms with Crippen molar-refractivity contribution < 1.29 is 22.7 Å². The molecule has 1 unspecified atom stereocenters. The third-order valence-electron chi connectivity index (χ3n) is 4.64. The van der Waals surface area contributed by atoms with E-state index in [0.717, 1.165) is 18.4 Å². The Hall–Kier alpha value is -1.58. The number of hydrogen-bond acceptors (Lipinski definition) is 7. The van der Waals surface area contributed by atoms with Gasteiger partial charge in [-0.15, -0.1) is 0 Å². The first-order valence-electron chi connectivity index (χ1n) is 9.13. The third kappa shape index (κ3) is 4.69. The lowest BCUT2D eigenvalue weighted by Crippen LogP contribution is -2.39. The van der Waals surface area contributed by atoms with Gasteiger partial charge in [-0.2, -0.15) is 0 Å². The zero-order chi connectivity index (χ0) is 20.3. The maximum Gasteiger partial charge on any atom is 0.266 e. The number of carbonyl (C=O) groups is 1. The van der Waals surface area contributed by atoms with Crippen LogP contribution in [-0.2, 0) is 14.6 Å². The van der Waals surface area contributed by atoms with E-state index in [9.17, 15) is 13.2 Å². The average Bonchev–Trinajstić information content (AvgIpc) is 3.14. The van der Waals surface area contributed by atoms with E-state index in [-0.39, 0.29) is 23.5 Å². The van der Waals surface area contributed by atoms with Gasteiger partial charge in [-0.3, -0.25) is 9.69 Å². The summed E-state index contributed by atoms with van der Waals surface area (Å²) in [6.45, 7) is 2.72. The molecule has 1 amide bonds. The number of thioether (sulfide) groups is 1. The van der Waals surface area contributed by atoms with Crippen LogP contribution in [-0.4, -0.2) is 54.8 Å². The summed E-state index contributed by atoms with van der Waals surface area (Å²) in [7, 11) is -1.52. The van der Waals surface area contributed by atoms with Gasteiger partial charge in [0.1, 0.15) is 4.32 Å². The molecule has 28 heavy (non-hydrogen) atoms. The zero-order valence-electron chi connectivity index (χ0n) is 15.8. The van der Waals surface area contributed by atoms with Gasteiger partial charge >= 0.3 is 0 Å². The molecule has 0 bridgehead atoms. The van der Waals surface area contributed by atoms with Gasteiger partial charge in [0.25, 0.3) is 5.91 Å². The number of amides is 1. The quantitative estimate of drug-likeness (QED) is 0.365. The summed E-state index contributed by atoms with van der Waals surface area (Å²) in [5.74, 6) is 1.10. The van der Waals surface area contributed by atoms with E-state index >= 15 is 0 Å². The van der Waals surface area contributed by atoms with E-state index in [2.05, 4.69) is 6.92 Å². The minimum Gasteiger partial charge on any atom is -0.493 e. The van der Waals surface area contributed by atoms with Crippen molar-refractivity contribution in [2.75, 3.05) is 25.2 Å². The summed E-state index contributed by atoms with van der Waals surface area (Å²) >= 11 is 6.54. The molecule has 1 aromatic carbocycles. The fourth-order valence-corrected chi connectivity index (χ4v) is 6.24.